The van der Waals surface area contributed by atoms with E-state index in [1.807, 2.05) is 18.2 Å². The second-order valence-corrected chi connectivity index (χ2v) is 7.40. The van der Waals surface area contributed by atoms with E-state index in [4.69, 9.17) is 16.3 Å². The third-order valence-corrected chi connectivity index (χ3v) is 4.04. The Morgan fingerprint density at radius 3 is 2.52 bits per heavy atom. The minimum Gasteiger partial charge on any atom is -0.444 e. The molecule has 7 heteroatoms. The predicted molar refractivity (Wildman–Crippen MR) is 105 cm³/mol. The normalized spacial score (nSPS) is 11.4. The van der Waals surface area contributed by atoms with Gasteiger partial charge in [0.2, 0.25) is 0 Å². The van der Waals surface area contributed by atoms with Gasteiger partial charge in [0.25, 0.3) is 5.56 Å². The van der Waals surface area contributed by atoms with Crippen molar-refractivity contribution in [3.05, 3.63) is 69.7 Å². The number of para-hydroxylation sites is 1. The topological polar surface area (TPSA) is 73.2 Å². The summed E-state index contributed by atoms with van der Waals surface area (Å²) in [6.45, 7) is 5.37. The fourth-order valence-corrected chi connectivity index (χ4v) is 2.91. The van der Waals surface area contributed by atoms with Gasteiger partial charge < -0.3 is 10.1 Å². The van der Waals surface area contributed by atoms with E-state index in [0.29, 0.717) is 27.4 Å². The summed E-state index contributed by atoms with van der Waals surface area (Å²) < 4.78 is 6.71. The highest BCUT2D eigenvalue weighted by molar-refractivity contribution is 6.35. The Hall–Kier alpha value is -2.86. The average Bonchev–Trinajstić information content (AvgIpc) is 2.59. The highest BCUT2D eigenvalue weighted by Gasteiger charge is 2.18. The average molecular weight is 386 g/mol. The number of benzene rings is 2. The third kappa shape index (κ3) is 4.28. The van der Waals surface area contributed by atoms with Crippen molar-refractivity contribution in [2.45, 2.75) is 32.9 Å². The summed E-state index contributed by atoms with van der Waals surface area (Å²) in [5, 5.41) is 3.33. The monoisotopic (exact) mass is 385 g/mol. The number of halogens is 1. The number of alkyl carbamates (subject to hydrolysis) is 1. The first-order valence-electron chi connectivity index (χ1n) is 8.49. The summed E-state index contributed by atoms with van der Waals surface area (Å²) in [6, 6.07) is 14.2. The van der Waals surface area contributed by atoms with Gasteiger partial charge in [0.15, 0.2) is 0 Å². The van der Waals surface area contributed by atoms with Gasteiger partial charge in [-0.15, -0.1) is 0 Å². The maximum absolute atomic E-state index is 13.1. The molecule has 27 heavy (non-hydrogen) atoms. The van der Waals surface area contributed by atoms with Gasteiger partial charge in [0.1, 0.15) is 11.4 Å². The largest absolute Gasteiger partial charge is 0.444 e. The maximum Gasteiger partial charge on any atom is 0.408 e. The molecule has 0 radical (unpaired) electrons. The van der Waals surface area contributed by atoms with Crippen LogP contribution in [-0.2, 0) is 11.3 Å². The van der Waals surface area contributed by atoms with Crippen molar-refractivity contribution in [1.82, 2.24) is 14.9 Å². The van der Waals surface area contributed by atoms with E-state index in [-0.39, 0.29) is 12.1 Å². The fraction of sp³-hybridized carbons (Fsp3) is 0.250. The van der Waals surface area contributed by atoms with Gasteiger partial charge in [0, 0.05) is 0 Å². The van der Waals surface area contributed by atoms with Crippen molar-refractivity contribution in [2.75, 3.05) is 0 Å². The predicted octanol–water partition coefficient (Wildman–Crippen LogP) is 4.06. The number of carbonyl (C=O) groups excluding carboxylic acids is 1. The van der Waals surface area contributed by atoms with E-state index in [0.717, 1.165) is 0 Å². The molecule has 0 aliphatic rings. The highest BCUT2D eigenvalue weighted by Crippen LogP contribution is 2.20. The van der Waals surface area contributed by atoms with Crippen molar-refractivity contribution in [1.29, 1.82) is 0 Å². The molecule has 2 aromatic carbocycles. The summed E-state index contributed by atoms with van der Waals surface area (Å²) >= 11 is 6.23. The summed E-state index contributed by atoms with van der Waals surface area (Å²) in [5.74, 6) is 0.381. The number of carbonyl (C=O) groups is 1. The minimum atomic E-state index is -0.618. The smallest absolute Gasteiger partial charge is 0.408 e. The third-order valence-electron chi connectivity index (χ3n) is 3.72. The van der Waals surface area contributed by atoms with Crippen LogP contribution in [0, 0.1) is 0 Å². The number of rotatable bonds is 3. The molecule has 3 rings (SSSR count). The Morgan fingerprint density at radius 1 is 1.15 bits per heavy atom. The Labute approximate surface area is 161 Å². The number of fused-ring (bicyclic) bond motifs is 1. The molecule has 0 unspecified atom stereocenters. The number of amides is 1. The number of ether oxygens (including phenoxy) is 1. The van der Waals surface area contributed by atoms with Gasteiger partial charge in [-0.3, -0.25) is 9.36 Å². The molecular formula is C20H20ClN3O3. The first-order chi connectivity index (χ1) is 12.8. The Kier molecular flexibility index (Phi) is 5.19. The molecule has 1 amide bonds. The maximum atomic E-state index is 13.1. The molecular weight excluding hydrogens is 366 g/mol. The molecule has 0 aliphatic heterocycles. The molecule has 0 saturated carbocycles. The molecule has 0 atom stereocenters. The number of nitrogens with zero attached hydrogens (tertiary/aromatic N) is 2. The highest BCUT2D eigenvalue weighted by atomic mass is 35.5. The van der Waals surface area contributed by atoms with E-state index in [1.165, 1.54) is 4.57 Å². The standard InChI is InChI=1S/C20H20ClN3O3/c1-20(2,3)27-19(26)22-12-16-23-15-11-7-10-14(21)17(15)18(25)24(16)13-8-5-4-6-9-13/h4-11H,12H2,1-3H3,(H,22,26). The lowest BCUT2D eigenvalue weighted by Crippen LogP contribution is -2.34. The molecule has 0 saturated heterocycles. The Balaban J connectivity index is 2.08. The van der Waals surface area contributed by atoms with Crippen LogP contribution < -0.4 is 10.9 Å². The molecule has 1 N–H and O–H groups in total. The van der Waals surface area contributed by atoms with Gasteiger partial charge in [-0.25, -0.2) is 9.78 Å². The number of hydrogen-bond acceptors (Lipinski definition) is 4. The molecule has 0 spiro atoms. The van der Waals surface area contributed by atoms with Crippen LogP contribution in [0.5, 0.6) is 0 Å². The molecule has 1 heterocycles. The van der Waals surface area contributed by atoms with Gasteiger partial charge in [-0.1, -0.05) is 35.9 Å². The zero-order valence-corrected chi connectivity index (χ0v) is 16.1. The van der Waals surface area contributed by atoms with Crippen LogP contribution in [0.4, 0.5) is 4.79 Å². The van der Waals surface area contributed by atoms with Crippen LogP contribution in [0.2, 0.25) is 5.02 Å². The van der Waals surface area contributed by atoms with Gasteiger partial charge in [-0.2, -0.15) is 0 Å². The molecule has 0 bridgehead atoms. The fourth-order valence-electron chi connectivity index (χ4n) is 2.66. The summed E-state index contributed by atoms with van der Waals surface area (Å²) in [4.78, 5) is 29.7. The van der Waals surface area contributed by atoms with E-state index >= 15 is 0 Å². The lowest BCUT2D eigenvalue weighted by Gasteiger charge is -2.20. The quantitative estimate of drug-likeness (QED) is 0.737. The van der Waals surface area contributed by atoms with E-state index in [9.17, 15) is 9.59 Å². The second kappa shape index (κ2) is 7.40. The molecule has 140 valence electrons. The Bertz CT molecular complexity index is 1040. The molecule has 3 aromatic rings. The van der Waals surface area contributed by atoms with E-state index < -0.39 is 11.7 Å². The van der Waals surface area contributed by atoms with Crippen LogP contribution in [0.25, 0.3) is 16.6 Å². The SMILES string of the molecule is CC(C)(C)OC(=O)NCc1nc2cccc(Cl)c2c(=O)n1-c1ccccc1. The van der Waals surface area contributed by atoms with Gasteiger partial charge >= 0.3 is 6.09 Å². The van der Waals surface area contributed by atoms with E-state index in [1.54, 1.807) is 51.1 Å². The van der Waals surface area contributed by atoms with Crippen molar-refractivity contribution in [2.24, 2.45) is 0 Å². The van der Waals surface area contributed by atoms with Crippen molar-refractivity contribution < 1.29 is 9.53 Å². The molecule has 1 aromatic heterocycles. The van der Waals surface area contributed by atoms with Crippen molar-refractivity contribution in [3.63, 3.8) is 0 Å². The van der Waals surface area contributed by atoms with Crippen LogP contribution in [0.3, 0.4) is 0 Å². The number of hydrogen-bond donors (Lipinski definition) is 1. The molecule has 0 aliphatic carbocycles. The Morgan fingerprint density at radius 2 is 1.85 bits per heavy atom. The van der Waals surface area contributed by atoms with Crippen LogP contribution in [0.15, 0.2) is 53.3 Å². The zero-order valence-electron chi connectivity index (χ0n) is 15.3. The second-order valence-electron chi connectivity index (χ2n) is 6.99. The molecule has 0 fully saturated rings. The lowest BCUT2D eigenvalue weighted by atomic mass is 10.2. The summed E-state index contributed by atoms with van der Waals surface area (Å²) in [5.41, 5.74) is 0.198. The van der Waals surface area contributed by atoms with Crippen LogP contribution >= 0.6 is 11.6 Å². The number of nitrogens with one attached hydrogen (secondary N) is 1. The van der Waals surface area contributed by atoms with Crippen molar-refractivity contribution in [3.8, 4) is 5.69 Å². The minimum absolute atomic E-state index is 0.0293. The molecule has 6 nitrogen and oxygen atoms in total. The van der Waals surface area contributed by atoms with Gasteiger partial charge in [-0.05, 0) is 45.0 Å². The lowest BCUT2D eigenvalue weighted by molar-refractivity contribution is 0.0522. The van der Waals surface area contributed by atoms with E-state index in [2.05, 4.69) is 10.3 Å². The summed E-state index contributed by atoms with van der Waals surface area (Å²) in [7, 11) is 0. The van der Waals surface area contributed by atoms with Crippen LogP contribution in [-0.4, -0.2) is 21.2 Å². The summed E-state index contributed by atoms with van der Waals surface area (Å²) in [6.07, 6.45) is -0.581. The zero-order chi connectivity index (χ0) is 19.6. The first-order valence-corrected chi connectivity index (χ1v) is 8.86. The van der Waals surface area contributed by atoms with Crippen LogP contribution in [0.1, 0.15) is 26.6 Å². The van der Waals surface area contributed by atoms with Crippen molar-refractivity contribution >= 4 is 28.6 Å². The first kappa shape index (κ1) is 18.9. The number of aromatic nitrogens is 2. The van der Waals surface area contributed by atoms with Gasteiger partial charge in [0.05, 0.1) is 28.2 Å².